The molecule has 19 heavy (non-hydrogen) atoms. The number of hydrogen-bond acceptors (Lipinski definition) is 4. The maximum atomic E-state index is 11.4. The van der Waals surface area contributed by atoms with Gasteiger partial charge in [-0.15, -0.1) is 11.3 Å². The Kier molecular flexibility index (Phi) is 8.43. The molecule has 0 radical (unpaired) electrons. The van der Waals surface area contributed by atoms with Crippen LogP contribution < -0.4 is 5.73 Å². The van der Waals surface area contributed by atoms with Crippen LogP contribution in [-0.2, 0) is 4.74 Å². The molecule has 0 amide bonds. The zero-order valence-electron chi connectivity index (χ0n) is 11.9. The summed E-state index contributed by atoms with van der Waals surface area (Å²) >= 11 is 4.75. The van der Waals surface area contributed by atoms with Gasteiger partial charge in [-0.25, -0.2) is 4.79 Å². The number of carbonyl (C=O) groups is 1. The Morgan fingerprint density at radius 2 is 1.84 bits per heavy atom. The molecule has 3 nitrogen and oxygen atoms in total. The Balaban J connectivity index is 0.000000741. The van der Waals surface area contributed by atoms with Crippen LogP contribution in [0.25, 0.3) is 10.1 Å². The van der Waals surface area contributed by atoms with E-state index in [1.807, 2.05) is 45.9 Å². The minimum Gasteiger partial charge on any atom is -0.465 e. The topological polar surface area (TPSA) is 52.3 Å². The molecule has 1 aromatic heterocycles. The number of esters is 1. The van der Waals surface area contributed by atoms with Crippen LogP contribution in [0.2, 0.25) is 0 Å². The molecule has 0 spiro atoms. The summed E-state index contributed by atoms with van der Waals surface area (Å²) in [6.07, 6.45) is 0. The molecule has 2 aromatic rings. The molecule has 2 rings (SSSR count). The predicted molar refractivity (Wildman–Crippen MR) is 88.0 cm³/mol. The molecule has 0 saturated carbocycles. The highest BCUT2D eigenvalue weighted by Gasteiger charge is 2.17. The molecular weight excluding hydrogens is 326 g/mol. The maximum Gasteiger partial charge on any atom is 0.350 e. The number of ether oxygens (including phenoxy) is 1. The van der Waals surface area contributed by atoms with Crippen LogP contribution in [0.15, 0.2) is 22.7 Å². The lowest BCUT2D eigenvalue weighted by Crippen LogP contribution is -2.01. The average Bonchev–Trinajstić information content (AvgIpc) is 2.82. The van der Waals surface area contributed by atoms with E-state index in [2.05, 4.69) is 20.7 Å². The summed E-state index contributed by atoms with van der Waals surface area (Å²) in [5, 5.41) is 0.884. The third-order valence-corrected chi connectivity index (χ3v) is 4.23. The van der Waals surface area contributed by atoms with Crippen LogP contribution in [-0.4, -0.2) is 13.1 Å². The van der Waals surface area contributed by atoms with Gasteiger partial charge in [-0.2, -0.15) is 0 Å². The van der Waals surface area contributed by atoms with Crippen molar-refractivity contribution in [3.63, 3.8) is 0 Å². The number of rotatable bonds is 1. The van der Waals surface area contributed by atoms with Crippen LogP contribution in [0.4, 0.5) is 5.69 Å². The fourth-order valence-electron chi connectivity index (χ4n) is 1.35. The number of carbonyl (C=O) groups excluding carboxylic acids is 1. The van der Waals surface area contributed by atoms with Gasteiger partial charge in [-0.05, 0) is 22.0 Å². The Bertz CT molecular complexity index is 537. The summed E-state index contributed by atoms with van der Waals surface area (Å²) < 4.78 is 6.57. The molecule has 0 aliphatic heterocycles. The van der Waals surface area contributed by atoms with Gasteiger partial charge >= 0.3 is 5.97 Å². The van der Waals surface area contributed by atoms with E-state index in [1.54, 1.807) is 0 Å². The van der Waals surface area contributed by atoms with Gasteiger partial charge in [-0.1, -0.05) is 39.8 Å². The van der Waals surface area contributed by atoms with Crippen molar-refractivity contribution < 1.29 is 9.53 Å². The smallest absolute Gasteiger partial charge is 0.350 e. The summed E-state index contributed by atoms with van der Waals surface area (Å²) in [5.74, 6) is -0.388. The highest BCUT2D eigenvalue weighted by Crippen LogP contribution is 2.38. The molecule has 0 saturated heterocycles. The number of halogens is 1. The molecule has 0 aliphatic rings. The molecule has 1 aromatic carbocycles. The van der Waals surface area contributed by atoms with Crippen LogP contribution in [0.5, 0.6) is 0 Å². The van der Waals surface area contributed by atoms with Crippen molar-refractivity contribution in [2.45, 2.75) is 27.7 Å². The van der Waals surface area contributed by atoms with E-state index in [1.165, 1.54) is 18.4 Å². The normalized spacial score (nSPS) is 8.95. The molecule has 106 valence electrons. The van der Waals surface area contributed by atoms with Crippen LogP contribution in [0, 0.1) is 0 Å². The minimum atomic E-state index is -0.388. The summed E-state index contributed by atoms with van der Waals surface area (Å²) in [7, 11) is 1.35. The molecule has 1 heterocycles. The summed E-state index contributed by atoms with van der Waals surface area (Å²) in [6.45, 7) is 8.00. The third kappa shape index (κ3) is 3.94. The molecule has 0 atom stereocenters. The first-order valence-corrected chi connectivity index (χ1v) is 7.81. The highest BCUT2D eigenvalue weighted by atomic mass is 79.9. The third-order valence-electron chi connectivity index (χ3n) is 2.08. The lowest BCUT2D eigenvalue weighted by molar-refractivity contribution is 0.0607. The molecule has 5 heteroatoms. The number of benzene rings is 1. The number of nitrogens with two attached hydrogens (primary N) is 1. The van der Waals surface area contributed by atoms with Gasteiger partial charge in [0.15, 0.2) is 0 Å². The molecule has 0 bridgehead atoms. The number of thiophene rings is 1. The minimum absolute atomic E-state index is 0.388. The summed E-state index contributed by atoms with van der Waals surface area (Å²) in [6, 6.07) is 5.69. The Morgan fingerprint density at radius 1 is 1.26 bits per heavy atom. The monoisotopic (exact) mass is 345 g/mol. The van der Waals surface area contributed by atoms with Crippen molar-refractivity contribution in [2.24, 2.45) is 0 Å². The molecular formula is C14H20BrNO2S. The Labute approximate surface area is 126 Å². The van der Waals surface area contributed by atoms with Crippen molar-refractivity contribution in [1.82, 2.24) is 0 Å². The van der Waals surface area contributed by atoms with Crippen LogP contribution in [0.1, 0.15) is 37.4 Å². The van der Waals surface area contributed by atoms with E-state index in [0.717, 1.165) is 14.6 Å². The fraction of sp³-hybridized carbons (Fsp3) is 0.357. The largest absolute Gasteiger partial charge is 0.465 e. The number of methoxy groups -OCH3 is 1. The zero-order chi connectivity index (χ0) is 15.0. The van der Waals surface area contributed by atoms with Gasteiger partial charge in [0.05, 0.1) is 17.5 Å². The highest BCUT2D eigenvalue weighted by molar-refractivity contribution is 9.10. The first-order chi connectivity index (χ1) is 9.15. The van der Waals surface area contributed by atoms with Gasteiger partial charge in [0.25, 0.3) is 0 Å². The van der Waals surface area contributed by atoms with Crippen molar-refractivity contribution in [3.8, 4) is 0 Å². The predicted octanol–water partition coefficient (Wildman–Crippen LogP) is 5.09. The SMILES string of the molecule is CC.CC.COC(=O)c1sc2c(Br)cccc2c1N. The van der Waals surface area contributed by atoms with Gasteiger partial charge in [-0.3, -0.25) is 0 Å². The maximum absolute atomic E-state index is 11.4. The van der Waals surface area contributed by atoms with Crippen molar-refractivity contribution in [3.05, 3.63) is 27.5 Å². The second-order valence-corrected chi connectivity index (χ2v) is 4.83. The number of anilines is 1. The molecule has 2 N–H and O–H groups in total. The molecule has 0 unspecified atom stereocenters. The molecule has 0 aliphatic carbocycles. The summed E-state index contributed by atoms with van der Waals surface area (Å²) in [5.41, 5.74) is 6.36. The molecule has 0 fully saturated rings. The second-order valence-electron chi connectivity index (χ2n) is 2.95. The number of nitrogen functional groups attached to an aromatic ring is 1. The van der Waals surface area contributed by atoms with E-state index in [4.69, 9.17) is 5.73 Å². The van der Waals surface area contributed by atoms with Crippen molar-refractivity contribution >= 4 is 49.0 Å². The average molecular weight is 346 g/mol. The van der Waals surface area contributed by atoms with Gasteiger partial charge in [0.2, 0.25) is 0 Å². The first kappa shape index (κ1) is 17.9. The van der Waals surface area contributed by atoms with E-state index in [0.29, 0.717) is 10.6 Å². The van der Waals surface area contributed by atoms with E-state index in [9.17, 15) is 4.79 Å². The van der Waals surface area contributed by atoms with E-state index >= 15 is 0 Å². The van der Waals surface area contributed by atoms with E-state index < -0.39 is 0 Å². The quantitative estimate of drug-likeness (QED) is 0.732. The van der Waals surface area contributed by atoms with Crippen molar-refractivity contribution in [2.75, 3.05) is 12.8 Å². The lowest BCUT2D eigenvalue weighted by atomic mass is 10.2. The van der Waals surface area contributed by atoms with Gasteiger partial charge < -0.3 is 10.5 Å². The van der Waals surface area contributed by atoms with Crippen LogP contribution in [0.3, 0.4) is 0 Å². The first-order valence-electron chi connectivity index (χ1n) is 6.20. The second kappa shape index (κ2) is 8.93. The summed E-state index contributed by atoms with van der Waals surface area (Å²) in [4.78, 5) is 11.9. The van der Waals surface area contributed by atoms with Crippen LogP contribution >= 0.6 is 27.3 Å². The fourth-order valence-corrected chi connectivity index (χ4v) is 3.00. The standard InChI is InChI=1S/C10H8BrNO2S.2C2H6/c1-14-10(13)9-7(12)5-3-2-4-6(11)8(5)15-9;2*1-2/h2-4H,12H2,1H3;2*1-2H3. The number of fused-ring (bicyclic) bond motifs is 1. The Morgan fingerprint density at radius 3 is 2.32 bits per heavy atom. The Hall–Kier alpha value is -1.07. The van der Waals surface area contributed by atoms with Gasteiger partial charge in [0, 0.05) is 9.86 Å². The van der Waals surface area contributed by atoms with E-state index in [-0.39, 0.29) is 5.97 Å². The van der Waals surface area contributed by atoms with Gasteiger partial charge in [0.1, 0.15) is 4.88 Å². The number of hydrogen-bond donors (Lipinski definition) is 1. The zero-order valence-corrected chi connectivity index (χ0v) is 14.3. The van der Waals surface area contributed by atoms with Crippen molar-refractivity contribution in [1.29, 1.82) is 0 Å². The lowest BCUT2D eigenvalue weighted by Gasteiger charge is -1.95.